The van der Waals surface area contributed by atoms with Crippen molar-refractivity contribution >= 4 is 17.4 Å². The molecule has 0 bridgehead atoms. The zero-order valence-electron chi connectivity index (χ0n) is 9.71. The first-order valence-corrected chi connectivity index (χ1v) is 6.31. The molecule has 18 heavy (non-hydrogen) atoms. The van der Waals surface area contributed by atoms with Crippen molar-refractivity contribution in [3.8, 4) is 11.1 Å². The van der Waals surface area contributed by atoms with Gasteiger partial charge in [0.25, 0.3) is 0 Å². The number of rotatable bonds is 3. The first-order chi connectivity index (χ1) is 8.65. The molecule has 0 saturated heterocycles. The van der Waals surface area contributed by atoms with Crippen molar-refractivity contribution in [1.29, 1.82) is 0 Å². The molecule has 94 valence electrons. The Kier molecular flexibility index (Phi) is 2.74. The highest BCUT2D eigenvalue weighted by Gasteiger charge is 2.25. The summed E-state index contributed by atoms with van der Waals surface area (Å²) >= 11 is 6.08. The molecule has 1 aromatic heterocycles. The normalized spacial score (nSPS) is 15.0. The van der Waals surface area contributed by atoms with Gasteiger partial charge < -0.3 is 5.73 Å². The number of aromatic amines is 1. The fraction of sp³-hybridized carbons (Fsp3) is 0.308. The van der Waals surface area contributed by atoms with Crippen molar-refractivity contribution in [2.24, 2.45) is 5.92 Å². The highest BCUT2D eigenvalue weighted by atomic mass is 35.5. The summed E-state index contributed by atoms with van der Waals surface area (Å²) in [5.41, 5.74) is 8.42. The van der Waals surface area contributed by atoms with Gasteiger partial charge in [-0.15, -0.1) is 0 Å². The quantitative estimate of drug-likeness (QED) is 0.894. The Hall–Kier alpha value is -1.55. The van der Waals surface area contributed by atoms with Crippen LogP contribution in [0.25, 0.3) is 11.1 Å². The predicted octanol–water partition coefficient (Wildman–Crippen LogP) is 3.40. The highest BCUT2D eigenvalue weighted by molar-refractivity contribution is 6.33. The van der Waals surface area contributed by atoms with Crippen LogP contribution in [0.2, 0.25) is 5.02 Å². The van der Waals surface area contributed by atoms with Crippen LogP contribution in [-0.4, -0.2) is 10.2 Å². The van der Waals surface area contributed by atoms with E-state index in [4.69, 9.17) is 17.3 Å². The molecule has 0 spiro atoms. The molecule has 1 saturated carbocycles. The van der Waals surface area contributed by atoms with E-state index in [1.54, 1.807) is 6.07 Å². The molecular weight excluding hydrogens is 253 g/mol. The van der Waals surface area contributed by atoms with E-state index in [0.29, 0.717) is 16.8 Å². The number of benzene rings is 1. The Morgan fingerprint density at radius 2 is 2.22 bits per heavy atom. The third kappa shape index (κ3) is 2.08. The molecule has 0 radical (unpaired) electrons. The Balaban J connectivity index is 2.06. The Morgan fingerprint density at radius 1 is 1.44 bits per heavy atom. The van der Waals surface area contributed by atoms with E-state index in [1.165, 1.54) is 25.0 Å². The van der Waals surface area contributed by atoms with Crippen molar-refractivity contribution in [3.05, 3.63) is 34.7 Å². The Labute approximate surface area is 109 Å². The maximum absolute atomic E-state index is 13.1. The number of hydrogen-bond acceptors (Lipinski definition) is 2. The number of H-pyrrole nitrogens is 1. The molecule has 3 nitrogen and oxygen atoms in total. The standard InChI is InChI=1S/C13H13ClFN3/c14-10-6-8(15)3-4-9(10)12-11(5-7-1-2-7)17-18-13(12)16/h3-4,6-7H,1-2,5H2,(H3,16,17,18). The van der Waals surface area contributed by atoms with E-state index in [2.05, 4.69) is 10.2 Å². The van der Waals surface area contributed by atoms with Gasteiger partial charge >= 0.3 is 0 Å². The number of nitrogens with two attached hydrogens (primary N) is 1. The fourth-order valence-electron chi connectivity index (χ4n) is 2.15. The van der Waals surface area contributed by atoms with Gasteiger partial charge in [-0.1, -0.05) is 11.6 Å². The van der Waals surface area contributed by atoms with Gasteiger partial charge in [-0.05, 0) is 43.4 Å². The SMILES string of the molecule is Nc1n[nH]c(CC2CC2)c1-c1ccc(F)cc1Cl. The summed E-state index contributed by atoms with van der Waals surface area (Å²) < 4.78 is 13.1. The lowest BCUT2D eigenvalue weighted by Gasteiger charge is -2.06. The molecule has 3 rings (SSSR count). The first kappa shape index (κ1) is 11.5. The number of nitrogens with one attached hydrogen (secondary N) is 1. The minimum absolute atomic E-state index is 0.352. The van der Waals surface area contributed by atoms with E-state index in [0.717, 1.165) is 23.2 Å². The van der Waals surface area contributed by atoms with Crippen LogP contribution in [0.5, 0.6) is 0 Å². The number of nitrogens with zero attached hydrogens (tertiary/aromatic N) is 1. The molecule has 1 heterocycles. The molecule has 5 heteroatoms. The average molecular weight is 266 g/mol. The van der Waals surface area contributed by atoms with Gasteiger partial charge in [0.05, 0.1) is 5.02 Å². The van der Waals surface area contributed by atoms with Crippen LogP contribution in [0.1, 0.15) is 18.5 Å². The van der Waals surface area contributed by atoms with Crippen molar-refractivity contribution in [2.45, 2.75) is 19.3 Å². The van der Waals surface area contributed by atoms with Crippen molar-refractivity contribution in [3.63, 3.8) is 0 Å². The zero-order valence-corrected chi connectivity index (χ0v) is 10.5. The molecule has 1 aromatic carbocycles. The van der Waals surface area contributed by atoms with Crippen LogP contribution in [0, 0.1) is 11.7 Å². The van der Waals surface area contributed by atoms with Crippen molar-refractivity contribution < 1.29 is 4.39 Å². The van der Waals surface area contributed by atoms with E-state index >= 15 is 0 Å². The highest BCUT2D eigenvalue weighted by Crippen LogP contribution is 2.39. The predicted molar refractivity (Wildman–Crippen MR) is 69.8 cm³/mol. The average Bonchev–Trinajstić information content (AvgIpc) is 3.06. The summed E-state index contributed by atoms with van der Waals surface area (Å²) in [7, 11) is 0. The largest absolute Gasteiger partial charge is 0.382 e. The number of aromatic nitrogens is 2. The van der Waals surface area contributed by atoms with Gasteiger partial charge in [-0.25, -0.2) is 4.39 Å². The molecular formula is C13H13ClFN3. The maximum Gasteiger partial charge on any atom is 0.153 e. The Bertz CT molecular complexity index is 590. The summed E-state index contributed by atoms with van der Waals surface area (Å²) in [6.45, 7) is 0. The summed E-state index contributed by atoms with van der Waals surface area (Å²) in [5, 5.41) is 7.36. The molecule has 0 unspecified atom stereocenters. The molecule has 0 amide bonds. The summed E-state index contributed by atoms with van der Waals surface area (Å²) in [6.07, 6.45) is 3.41. The lowest BCUT2D eigenvalue weighted by Crippen LogP contribution is -1.94. The molecule has 3 N–H and O–H groups in total. The number of anilines is 1. The summed E-state index contributed by atoms with van der Waals surface area (Å²) in [4.78, 5) is 0. The van der Waals surface area contributed by atoms with Gasteiger partial charge in [0.2, 0.25) is 0 Å². The molecule has 1 fully saturated rings. The monoisotopic (exact) mass is 265 g/mol. The minimum Gasteiger partial charge on any atom is -0.382 e. The van der Waals surface area contributed by atoms with Gasteiger partial charge in [0, 0.05) is 16.8 Å². The molecule has 2 aromatic rings. The van der Waals surface area contributed by atoms with Gasteiger partial charge in [-0.2, -0.15) is 5.10 Å². The second-order valence-corrected chi connectivity index (χ2v) is 5.14. The van der Waals surface area contributed by atoms with E-state index in [9.17, 15) is 4.39 Å². The second kappa shape index (κ2) is 4.28. The van der Waals surface area contributed by atoms with Gasteiger partial charge in [-0.3, -0.25) is 5.10 Å². The van der Waals surface area contributed by atoms with Crippen LogP contribution >= 0.6 is 11.6 Å². The molecule has 1 aliphatic rings. The third-order valence-electron chi connectivity index (χ3n) is 3.26. The van der Waals surface area contributed by atoms with E-state index in [-0.39, 0.29) is 5.82 Å². The van der Waals surface area contributed by atoms with Crippen molar-refractivity contribution in [2.75, 3.05) is 5.73 Å². The number of halogens is 2. The minimum atomic E-state index is -0.352. The van der Waals surface area contributed by atoms with Gasteiger partial charge in [0.1, 0.15) is 5.82 Å². The topological polar surface area (TPSA) is 54.7 Å². The van der Waals surface area contributed by atoms with E-state index in [1.807, 2.05) is 0 Å². The molecule has 0 aliphatic heterocycles. The number of hydrogen-bond donors (Lipinski definition) is 2. The Morgan fingerprint density at radius 3 is 2.89 bits per heavy atom. The maximum atomic E-state index is 13.1. The van der Waals surface area contributed by atoms with Crippen LogP contribution in [-0.2, 0) is 6.42 Å². The van der Waals surface area contributed by atoms with Crippen molar-refractivity contribution in [1.82, 2.24) is 10.2 Å². The summed E-state index contributed by atoms with van der Waals surface area (Å²) in [5.74, 6) is 0.775. The fourth-order valence-corrected chi connectivity index (χ4v) is 2.41. The third-order valence-corrected chi connectivity index (χ3v) is 3.57. The van der Waals surface area contributed by atoms with Crippen LogP contribution in [0.15, 0.2) is 18.2 Å². The lowest BCUT2D eigenvalue weighted by molar-refractivity contribution is 0.628. The van der Waals surface area contributed by atoms with Crippen LogP contribution in [0.4, 0.5) is 10.2 Å². The van der Waals surface area contributed by atoms with Gasteiger partial charge in [0.15, 0.2) is 5.82 Å². The summed E-state index contributed by atoms with van der Waals surface area (Å²) in [6, 6.07) is 4.33. The smallest absolute Gasteiger partial charge is 0.153 e. The number of nitrogen functional groups attached to an aromatic ring is 1. The first-order valence-electron chi connectivity index (χ1n) is 5.93. The zero-order chi connectivity index (χ0) is 12.7. The van der Waals surface area contributed by atoms with Crippen LogP contribution < -0.4 is 5.73 Å². The second-order valence-electron chi connectivity index (χ2n) is 4.73. The lowest BCUT2D eigenvalue weighted by atomic mass is 10.0. The van der Waals surface area contributed by atoms with E-state index < -0.39 is 0 Å². The van der Waals surface area contributed by atoms with Crippen LogP contribution in [0.3, 0.4) is 0 Å². The molecule has 1 aliphatic carbocycles. The molecule has 0 atom stereocenters.